The molecule has 0 atom stereocenters. The summed E-state index contributed by atoms with van der Waals surface area (Å²) in [6.45, 7) is 7.81. The second kappa shape index (κ2) is 7.47. The molecular formula is C18H24N2O4. The van der Waals surface area contributed by atoms with E-state index in [-0.39, 0.29) is 19.6 Å². The largest absolute Gasteiger partial charge is 0.465 e. The van der Waals surface area contributed by atoms with Gasteiger partial charge in [0.05, 0.1) is 30.6 Å². The highest BCUT2D eigenvalue weighted by atomic mass is 16.6. The number of aromatic nitrogens is 2. The quantitative estimate of drug-likeness (QED) is 0.576. The molecule has 0 spiro atoms. The summed E-state index contributed by atoms with van der Waals surface area (Å²) in [6.07, 6.45) is 2.00. The standard InChI is InChI=1S/C18H24N2O4/c1-5-23-16(21)13(17(22)24-6-2)11-18(3,4)20-12-19-14-9-7-8-10-15(14)20/h7-10,12-13H,5-6,11H2,1-4H3. The van der Waals surface area contributed by atoms with Crippen LogP contribution in [0.2, 0.25) is 0 Å². The topological polar surface area (TPSA) is 70.4 Å². The molecule has 130 valence electrons. The summed E-state index contributed by atoms with van der Waals surface area (Å²) < 4.78 is 12.1. The van der Waals surface area contributed by atoms with Gasteiger partial charge >= 0.3 is 11.9 Å². The molecule has 0 unspecified atom stereocenters. The third-order valence-electron chi connectivity index (χ3n) is 3.95. The highest BCUT2D eigenvalue weighted by Gasteiger charge is 2.36. The van der Waals surface area contributed by atoms with Crippen LogP contribution in [-0.2, 0) is 24.6 Å². The van der Waals surface area contributed by atoms with Crippen molar-refractivity contribution < 1.29 is 19.1 Å². The van der Waals surface area contributed by atoms with Gasteiger partial charge in [-0.25, -0.2) is 4.98 Å². The van der Waals surface area contributed by atoms with Crippen molar-refractivity contribution in [1.29, 1.82) is 0 Å². The number of imidazole rings is 1. The molecule has 0 amide bonds. The lowest BCUT2D eigenvalue weighted by Crippen LogP contribution is -2.37. The average Bonchev–Trinajstić information content (AvgIpc) is 2.98. The third-order valence-corrected chi connectivity index (χ3v) is 3.95. The van der Waals surface area contributed by atoms with Gasteiger partial charge in [-0.1, -0.05) is 12.1 Å². The van der Waals surface area contributed by atoms with E-state index in [9.17, 15) is 9.59 Å². The predicted molar refractivity (Wildman–Crippen MR) is 90.4 cm³/mol. The van der Waals surface area contributed by atoms with E-state index in [0.29, 0.717) is 0 Å². The summed E-state index contributed by atoms with van der Waals surface area (Å²) >= 11 is 0. The molecule has 0 saturated carbocycles. The molecule has 24 heavy (non-hydrogen) atoms. The first-order valence-corrected chi connectivity index (χ1v) is 8.16. The lowest BCUT2D eigenvalue weighted by atomic mass is 9.90. The number of benzene rings is 1. The molecule has 0 aliphatic carbocycles. The number of esters is 2. The van der Waals surface area contributed by atoms with Crippen molar-refractivity contribution in [1.82, 2.24) is 9.55 Å². The van der Waals surface area contributed by atoms with Gasteiger partial charge in [0, 0.05) is 5.54 Å². The van der Waals surface area contributed by atoms with Gasteiger partial charge in [0.15, 0.2) is 5.92 Å². The van der Waals surface area contributed by atoms with Crippen LogP contribution in [0, 0.1) is 5.92 Å². The molecule has 0 N–H and O–H groups in total. The van der Waals surface area contributed by atoms with Crippen molar-refractivity contribution in [3.05, 3.63) is 30.6 Å². The average molecular weight is 332 g/mol. The number of carbonyl (C=O) groups is 2. The van der Waals surface area contributed by atoms with E-state index in [4.69, 9.17) is 9.47 Å². The molecule has 1 aromatic carbocycles. The highest BCUT2D eigenvalue weighted by molar-refractivity contribution is 5.95. The maximum Gasteiger partial charge on any atom is 0.320 e. The fourth-order valence-electron chi connectivity index (χ4n) is 2.79. The summed E-state index contributed by atoms with van der Waals surface area (Å²) in [7, 11) is 0. The summed E-state index contributed by atoms with van der Waals surface area (Å²) in [5.74, 6) is -2.05. The second-order valence-corrected chi connectivity index (χ2v) is 6.18. The number of fused-ring (bicyclic) bond motifs is 1. The zero-order chi connectivity index (χ0) is 17.7. The molecule has 2 rings (SSSR count). The van der Waals surface area contributed by atoms with Crippen LogP contribution in [0.3, 0.4) is 0 Å². The Morgan fingerprint density at radius 2 is 1.71 bits per heavy atom. The smallest absolute Gasteiger partial charge is 0.320 e. The molecule has 0 aliphatic rings. The van der Waals surface area contributed by atoms with Gasteiger partial charge in [-0.2, -0.15) is 0 Å². The van der Waals surface area contributed by atoms with Crippen molar-refractivity contribution in [3.8, 4) is 0 Å². The van der Waals surface area contributed by atoms with Crippen molar-refractivity contribution >= 4 is 23.0 Å². The molecule has 6 heteroatoms. The first kappa shape index (κ1) is 18.0. The number of rotatable bonds is 7. The van der Waals surface area contributed by atoms with Crippen LogP contribution in [0.4, 0.5) is 0 Å². The molecule has 2 aromatic rings. The maximum absolute atomic E-state index is 12.2. The van der Waals surface area contributed by atoms with Crippen LogP contribution in [-0.4, -0.2) is 34.7 Å². The van der Waals surface area contributed by atoms with Crippen molar-refractivity contribution in [2.45, 2.75) is 39.7 Å². The molecule has 1 aromatic heterocycles. The van der Waals surface area contributed by atoms with Gasteiger partial charge in [-0.3, -0.25) is 9.59 Å². The number of hydrogen-bond acceptors (Lipinski definition) is 5. The SMILES string of the molecule is CCOC(=O)C(CC(C)(C)n1cnc2ccccc21)C(=O)OCC. The zero-order valence-corrected chi connectivity index (χ0v) is 14.6. The first-order valence-electron chi connectivity index (χ1n) is 8.16. The van der Waals surface area contributed by atoms with Crippen LogP contribution >= 0.6 is 0 Å². The normalized spacial score (nSPS) is 11.7. The van der Waals surface area contributed by atoms with E-state index in [1.54, 1.807) is 20.2 Å². The number of para-hydroxylation sites is 2. The highest BCUT2D eigenvalue weighted by Crippen LogP contribution is 2.29. The van der Waals surface area contributed by atoms with Gasteiger partial charge in [-0.05, 0) is 46.2 Å². The lowest BCUT2D eigenvalue weighted by Gasteiger charge is -2.30. The minimum absolute atomic E-state index is 0.225. The molecule has 1 heterocycles. The maximum atomic E-state index is 12.2. The van der Waals surface area contributed by atoms with Gasteiger partial charge in [0.2, 0.25) is 0 Å². The zero-order valence-electron chi connectivity index (χ0n) is 14.6. The summed E-state index contributed by atoms with van der Waals surface area (Å²) in [5.41, 5.74) is 1.31. The number of carbonyl (C=O) groups excluding carboxylic acids is 2. The van der Waals surface area contributed by atoms with Crippen molar-refractivity contribution in [2.75, 3.05) is 13.2 Å². The minimum atomic E-state index is -0.957. The van der Waals surface area contributed by atoms with Gasteiger partial charge in [0.25, 0.3) is 0 Å². The molecule has 6 nitrogen and oxygen atoms in total. The molecule has 0 radical (unpaired) electrons. The Morgan fingerprint density at radius 1 is 1.12 bits per heavy atom. The van der Waals surface area contributed by atoms with Crippen molar-refractivity contribution in [3.63, 3.8) is 0 Å². The number of ether oxygens (including phenoxy) is 2. The Balaban J connectivity index is 2.32. The predicted octanol–water partition coefficient (Wildman–Crippen LogP) is 2.90. The summed E-state index contributed by atoms with van der Waals surface area (Å²) in [6, 6.07) is 7.75. The molecule has 0 bridgehead atoms. The van der Waals surface area contributed by atoms with Crippen LogP contribution in [0.25, 0.3) is 11.0 Å². The van der Waals surface area contributed by atoms with Crippen molar-refractivity contribution in [2.24, 2.45) is 5.92 Å². The number of nitrogens with zero attached hydrogens (tertiary/aromatic N) is 2. The summed E-state index contributed by atoms with van der Waals surface area (Å²) in [5, 5.41) is 0. The fraction of sp³-hybridized carbons (Fsp3) is 0.500. The van der Waals surface area contributed by atoms with Crippen LogP contribution in [0.1, 0.15) is 34.1 Å². The molecule has 0 fully saturated rings. The monoisotopic (exact) mass is 332 g/mol. The van der Waals surface area contributed by atoms with E-state index in [0.717, 1.165) is 11.0 Å². The Hall–Kier alpha value is -2.37. The minimum Gasteiger partial charge on any atom is -0.465 e. The Morgan fingerprint density at radius 3 is 2.29 bits per heavy atom. The van der Waals surface area contributed by atoms with E-state index >= 15 is 0 Å². The first-order chi connectivity index (χ1) is 11.4. The van der Waals surface area contributed by atoms with Crippen LogP contribution in [0.15, 0.2) is 30.6 Å². The summed E-state index contributed by atoms with van der Waals surface area (Å²) in [4.78, 5) is 28.8. The molecule has 0 aliphatic heterocycles. The Labute approximate surface area is 141 Å². The van der Waals surface area contributed by atoms with Gasteiger partial charge in [0.1, 0.15) is 0 Å². The van der Waals surface area contributed by atoms with Crippen LogP contribution in [0.5, 0.6) is 0 Å². The Kier molecular flexibility index (Phi) is 5.59. The van der Waals surface area contributed by atoms with Gasteiger partial charge in [-0.15, -0.1) is 0 Å². The number of hydrogen-bond donors (Lipinski definition) is 0. The fourth-order valence-corrected chi connectivity index (χ4v) is 2.79. The Bertz CT molecular complexity index is 703. The van der Waals surface area contributed by atoms with E-state index < -0.39 is 23.4 Å². The van der Waals surface area contributed by atoms with E-state index in [1.165, 1.54) is 0 Å². The van der Waals surface area contributed by atoms with Crippen LogP contribution < -0.4 is 0 Å². The van der Waals surface area contributed by atoms with Gasteiger partial charge < -0.3 is 14.0 Å². The van der Waals surface area contributed by atoms with E-state index in [2.05, 4.69) is 4.98 Å². The third kappa shape index (κ3) is 3.75. The molecular weight excluding hydrogens is 308 g/mol. The molecule has 0 saturated heterocycles. The lowest BCUT2D eigenvalue weighted by molar-refractivity contribution is -0.163. The second-order valence-electron chi connectivity index (χ2n) is 6.18. The van der Waals surface area contributed by atoms with E-state index in [1.807, 2.05) is 42.7 Å².